The molecule has 0 saturated carbocycles. The zero-order valence-electron chi connectivity index (χ0n) is 16.1. The van der Waals surface area contributed by atoms with E-state index >= 15 is 0 Å². The Kier molecular flexibility index (Phi) is 23.2. The van der Waals surface area contributed by atoms with Crippen molar-refractivity contribution in [1.29, 1.82) is 0 Å². The number of ether oxygens (including phenoxy) is 3. The zero-order chi connectivity index (χ0) is 25.0. The van der Waals surface area contributed by atoms with Crippen LogP contribution in [0.5, 0.6) is 0 Å². The summed E-state index contributed by atoms with van der Waals surface area (Å²) < 4.78 is 132. The van der Waals surface area contributed by atoms with Gasteiger partial charge in [0.05, 0.1) is 0 Å². The second-order valence-corrected chi connectivity index (χ2v) is 4.38. The summed E-state index contributed by atoms with van der Waals surface area (Å²) in [7, 11) is -14.8. The first-order valence-corrected chi connectivity index (χ1v) is 7.53. The smallest absolute Gasteiger partial charge is 0.418 e. The van der Waals surface area contributed by atoms with E-state index in [0.29, 0.717) is 0 Å². The van der Waals surface area contributed by atoms with E-state index in [2.05, 4.69) is 0 Å². The third-order valence-corrected chi connectivity index (χ3v) is 1.71. The summed E-state index contributed by atoms with van der Waals surface area (Å²) in [6.07, 6.45) is -0.389. The number of rotatable bonds is 4. The van der Waals surface area contributed by atoms with Crippen LogP contribution in [-0.4, -0.2) is 48.6 Å². The third kappa shape index (κ3) is 111. The lowest BCUT2D eigenvalue weighted by Gasteiger charge is -2.15. The maximum atomic E-state index is 9.75. The van der Waals surface area contributed by atoms with Gasteiger partial charge in [-0.15, -0.1) is 0 Å². The highest BCUT2D eigenvalue weighted by Crippen LogP contribution is 2.07. The summed E-state index contributed by atoms with van der Waals surface area (Å²) in [5.74, 6) is 0. The lowest BCUT2D eigenvalue weighted by atomic mass is 10.3. The van der Waals surface area contributed by atoms with Crippen molar-refractivity contribution < 1.29 is 66.0 Å². The second kappa shape index (κ2) is 19.4. The Labute approximate surface area is 166 Å². The molecule has 1 aromatic carbocycles. The number of halogens is 12. The van der Waals surface area contributed by atoms with Gasteiger partial charge in [-0.1, -0.05) is 36.4 Å². The molecule has 1 aromatic rings. The molecule has 2 atom stereocenters. The van der Waals surface area contributed by atoms with Crippen LogP contribution in [0, 0.1) is 0 Å². The number of hydrogen-bond acceptors (Lipinski definition) is 3. The molecule has 0 spiro atoms. The van der Waals surface area contributed by atoms with E-state index < -0.39 is 21.8 Å². The first-order chi connectivity index (χ1) is 13.2. The summed E-state index contributed by atoms with van der Waals surface area (Å²) in [4.78, 5) is 0. The minimum absolute atomic E-state index is 0.194. The van der Waals surface area contributed by atoms with Crippen molar-refractivity contribution in [2.45, 2.75) is 26.4 Å². The van der Waals surface area contributed by atoms with Gasteiger partial charge in [-0.3, -0.25) is 0 Å². The quantitative estimate of drug-likeness (QED) is 0.282. The molecule has 0 N–H and O–H groups in total. The number of benzene rings is 1. The van der Waals surface area contributed by atoms with Crippen molar-refractivity contribution >= 4 is 21.8 Å². The van der Waals surface area contributed by atoms with Gasteiger partial charge >= 0.3 is 21.8 Å². The van der Waals surface area contributed by atoms with Crippen LogP contribution in [0.2, 0.25) is 0 Å². The molecule has 0 radical (unpaired) electrons. The van der Waals surface area contributed by atoms with Crippen molar-refractivity contribution in [2.24, 2.45) is 0 Å². The summed E-state index contributed by atoms with van der Waals surface area (Å²) in [5.41, 5.74) is 0. The van der Waals surface area contributed by atoms with Crippen molar-refractivity contribution in [3.05, 3.63) is 36.4 Å². The maximum Gasteiger partial charge on any atom is 0.673 e. The van der Waals surface area contributed by atoms with Crippen LogP contribution in [0.15, 0.2) is 36.4 Å². The van der Waals surface area contributed by atoms with Crippen LogP contribution < -0.4 is 0 Å². The number of hydrogen-bond donors (Lipinski definition) is 0. The molecule has 0 aromatic heterocycles. The van der Waals surface area contributed by atoms with E-state index in [-0.39, 0.29) is 12.6 Å². The molecule has 0 amide bonds. The molecule has 0 aliphatic carbocycles. The summed E-state index contributed by atoms with van der Waals surface area (Å²) in [6.45, 7) is 3.63. The third-order valence-electron chi connectivity index (χ3n) is 1.71. The lowest BCUT2D eigenvalue weighted by Crippen LogP contribution is -2.19. The Morgan fingerprint density at radius 3 is 0.700 bits per heavy atom. The SMILES string of the molecule is COC(C)OC(C)OC.F[B-](F)(F)F.F[B-](F)(F)F.F[B-](F)(F)F.c1ccccc1. The van der Waals surface area contributed by atoms with Gasteiger partial charge in [0, 0.05) is 14.2 Å². The lowest BCUT2D eigenvalue weighted by molar-refractivity contribution is -0.213. The monoisotopic (exact) mass is 473 g/mol. The van der Waals surface area contributed by atoms with Crippen LogP contribution in [-0.2, 0) is 14.2 Å². The molecule has 0 bridgehead atoms. The normalized spacial score (nSPS) is 12.8. The fourth-order valence-electron chi connectivity index (χ4n) is 0.766. The van der Waals surface area contributed by atoms with Crippen molar-refractivity contribution in [3.8, 4) is 0 Å². The molecule has 182 valence electrons. The van der Waals surface area contributed by atoms with Crippen LogP contribution in [0.3, 0.4) is 0 Å². The molecule has 0 aliphatic rings. The van der Waals surface area contributed by atoms with Crippen molar-refractivity contribution in [1.82, 2.24) is 0 Å². The first kappa shape index (κ1) is 35.9. The Balaban J connectivity index is -0.000000144. The molecular formula is C12H20B3F12O3-3. The highest BCUT2D eigenvalue weighted by Gasteiger charge is 2.21. The fraction of sp³-hybridized carbons (Fsp3) is 0.500. The molecule has 3 nitrogen and oxygen atoms in total. The van der Waals surface area contributed by atoms with Crippen molar-refractivity contribution in [2.75, 3.05) is 14.2 Å². The van der Waals surface area contributed by atoms with Crippen LogP contribution >= 0.6 is 0 Å². The highest BCUT2D eigenvalue weighted by molar-refractivity contribution is 6.50. The van der Waals surface area contributed by atoms with E-state index in [0.717, 1.165) is 0 Å². The van der Waals surface area contributed by atoms with Gasteiger partial charge in [0.25, 0.3) is 0 Å². The van der Waals surface area contributed by atoms with Crippen LogP contribution in [0.4, 0.5) is 51.8 Å². The molecule has 30 heavy (non-hydrogen) atoms. The molecule has 2 unspecified atom stereocenters. The predicted octanol–water partition coefficient (Wildman–Crippen LogP) is 6.57. The topological polar surface area (TPSA) is 27.7 Å². The molecule has 0 saturated heterocycles. The first-order valence-electron chi connectivity index (χ1n) is 7.53. The van der Waals surface area contributed by atoms with Crippen LogP contribution in [0.1, 0.15) is 13.8 Å². The molecule has 18 heteroatoms. The molecule has 1 rings (SSSR count). The standard InChI is InChI=1S/C6H14O3.C6H6.3BF4/c1-5(7-3)9-6(2)8-4;1-2-4-6-5-3-1;3*2-1(3,4)5/h5-6H,1-4H3;1-6H;;;/q;;3*-1. The molecule has 0 heterocycles. The van der Waals surface area contributed by atoms with E-state index in [1.54, 1.807) is 14.2 Å². The predicted molar refractivity (Wildman–Crippen MR) is 91.0 cm³/mol. The van der Waals surface area contributed by atoms with Crippen LogP contribution in [0.25, 0.3) is 0 Å². The maximum absolute atomic E-state index is 9.75. The van der Waals surface area contributed by atoms with Gasteiger partial charge in [-0.25, -0.2) is 0 Å². The summed E-state index contributed by atoms with van der Waals surface area (Å²) in [5, 5.41) is 0. The Morgan fingerprint density at radius 2 is 0.600 bits per heavy atom. The van der Waals surface area contributed by atoms with Gasteiger partial charge in [0.15, 0.2) is 12.6 Å². The summed E-state index contributed by atoms with van der Waals surface area (Å²) >= 11 is 0. The van der Waals surface area contributed by atoms with E-state index in [1.165, 1.54) is 0 Å². The minimum Gasteiger partial charge on any atom is -0.418 e. The van der Waals surface area contributed by atoms with E-state index in [9.17, 15) is 51.8 Å². The zero-order valence-corrected chi connectivity index (χ0v) is 16.1. The van der Waals surface area contributed by atoms with Gasteiger partial charge < -0.3 is 66.0 Å². The summed E-state index contributed by atoms with van der Waals surface area (Å²) in [6, 6.07) is 12.0. The average Bonchev–Trinajstić information content (AvgIpc) is 2.52. The Morgan fingerprint density at radius 1 is 0.467 bits per heavy atom. The van der Waals surface area contributed by atoms with Gasteiger partial charge in [-0.2, -0.15) is 0 Å². The van der Waals surface area contributed by atoms with E-state index in [1.807, 2.05) is 50.2 Å². The number of methoxy groups -OCH3 is 2. The largest absolute Gasteiger partial charge is 0.673 e. The van der Waals surface area contributed by atoms with Gasteiger partial charge in [0.2, 0.25) is 0 Å². The minimum atomic E-state index is -6.00. The Bertz CT molecular complexity index is 379. The average molecular weight is 473 g/mol. The van der Waals surface area contributed by atoms with Crippen molar-refractivity contribution in [3.63, 3.8) is 0 Å². The second-order valence-electron chi connectivity index (χ2n) is 4.38. The van der Waals surface area contributed by atoms with Gasteiger partial charge in [-0.05, 0) is 13.8 Å². The fourth-order valence-corrected chi connectivity index (χ4v) is 0.766. The van der Waals surface area contributed by atoms with E-state index in [4.69, 9.17) is 14.2 Å². The Hall–Kier alpha value is -1.55. The molecule has 0 aliphatic heterocycles. The highest BCUT2D eigenvalue weighted by atomic mass is 19.5. The molecular weight excluding hydrogens is 453 g/mol. The molecule has 0 fully saturated rings. The van der Waals surface area contributed by atoms with Gasteiger partial charge in [0.1, 0.15) is 0 Å².